The van der Waals surface area contributed by atoms with E-state index in [1.165, 1.54) is 43.3 Å². The van der Waals surface area contributed by atoms with Gasteiger partial charge in [-0.05, 0) is 36.8 Å². The molecule has 0 unspecified atom stereocenters. The zero-order valence-corrected chi connectivity index (χ0v) is 15.5. The van der Waals surface area contributed by atoms with Gasteiger partial charge in [-0.25, -0.2) is 17.1 Å². The number of anilines is 1. The molecule has 0 aromatic heterocycles. The molecule has 0 atom stereocenters. The molecule has 1 aliphatic rings. The average molecular weight is 378 g/mol. The number of hydrogen-bond acceptors (Lipinski definition) is 4. The van der Waals surface area contributed by atoms with Crippen LogP contribution in [0.2, 0.25) is 0 Å². The van der Waals surface area contributed by atoms with Crippen LogP contribution in [0.25, 0.3) is 0 Å². The molecule has 0 spiro atoms. The van der Waals surface area contributed by atoms with Crippen molar-refractivity contribution in [3.8, 4) is 5.75 Å². The fourth-order valence-corrected chi connectivity index (χ4v) is 3.91. The number of fused-ring (bicyclic) bond motifs is 1. The molecule has 1 aliphatic heterocycles. The number of amides is 1. The second kappa shape index (κ2) is 6.69. The number of sulfonamides is 1. The predicted molar refractivity (Wildman–Crippen MR) is 95.6 cm³/mol. The van der Waals surface area contributed by atoms with Crippen molar-refractivity contribution < 1.29 is 22.3 Å². The van der Waals surface area contributed by atoms with E-state index in [1.807, 2.05) is 0 Å². The van der Waals surface area contributed by atoms with E-state index in [2.05, 4.69) is 0 Å². The van der Waals surface area contributed by atoms with Crippen LogP contribution in [0, 0.1) is 12.7 Å². The minimum absolute atomic E-state index is 0.0704. The summed E-state index contributed by atoms with van der Waals surface area (Å²) in [5.74, 6) is -0.471. The summed E-state index contributed by atoms with van der Waals surface area (Å²) < 4.78 is 45.1. The largest absolute Gasteiger partial charge is 0.490 e. The summed E-state index contributed by atoms with van der Waals surface area (Å²) in [6.45, 7) is 2.20. The highest BCUT2D eigenvalue weighted by atomic mass is 32.2. The van der Waals surface area contributed by atoms with Crippen LogP contribution in [-0.2, 0) is 10.0 Å². The minimum atomic E-state index is -3.68. The normalized spacial score (nSPS) is 14.1. The van der Waals surface area contributed by atoms with Crippen molar-refractivity contribution in [3.63, 3.8) is 0 Å². The number of benzene rings is 2. The van der Waals surface area contributed by atoms with E-state index in [4.69, 9.17) is 4.74 Å². The molecule has 0 saturated heterocycles. The number of carbonyl (C=O) groups is 1. The van der Waals surface area contributed by atoms with Crippen LogP contribution < -0.4 is 9.64 Å². The van der Waals surface area contributed by atoms with E-state index >= 15 is 0 Å². The van der Waals surface area contributed by atoms with Crippen LogP contribution in [0.5, 0.6) is 5.75 Å². The third-order valence-corrected chi connectivity index (χ3v) is 6.18. The minimum Gasteiger partial charge on any atom is -0.490 e. The van der Waals surface area contributed by atoms with E-state index in [1.54, 1.807) is 19.1 Å². The Morgan fingerprint density at radius 3 is 2.62 bits per heavy atom. The van der Waals surface area contributed by atoms with Crippen LogP contribution in [-0.4, -0.2) is 45.9 Å². The molecule has 1 amide bonds. The maximum atomic E-state index is 13.6. The van der Waals surface area contributed by atoms with E-state index in [0.29, 0.717) is 17.0 Å². The van der Waals surface area contributed by atoms with E-state index in [0.717, 1.165) is 4.31 Å². The van der Waals surface area contributed by atoms with Gasteiger partial charge in [0.25, 0.3) is 5.91 Å². The SMILES string of the molecule is Cc1ccc(C(=O)N2CCOc3ccc(F)cc32)cc1S(=O)(=O)N(C)C. The van der Waals surface area contributed by atoms with Gasteiger partial charge in [0.05, 0.1) is 17.1 Å². The van der Waals surface area contributed by atoms with Gasteiger partial charge in [0.1, 0.15) is 18.2 Å². The second-order valence-corrected chi connectivity index (χ2v) is 8.31. The monoisotopic (exact) mass is 378 g/mol. The fraction of sp³-hybridized carbons (Fsp3) is 0.278. The lowest BCUT2D eigenvalue weighted by molar-refractivity contribution is 0.0976. The lowest BCUT2D eigenvalue weighted by Crippen LogP contribution is -2.38. The van der Waals surface area contributed by atoms with Crippen LogP contribution in [0.3, 0.4) is 0 Å². The maximum Gasteiger partial charge on any atom is 0.258 e. The molecule has 2 aromatic rings. The zero-order chi connectivity index (χ0) is 19.1. The average Bonchev–Trinajstić information content (AvgIpc) is 2.60. The summed E-state index contributed by atoms with van der Waals surface area (Å²) in [6.07, 6.45) is 0. The van der Waals surface area contributed by atoms with E-state index in [-0.39, 0.29) is 23.6 Å². The van der Waals surface area contributed by atoms with E-state index < -0.39 is 21.7 Å². The first-order valence-corrected chi connectivity index (χ1v) is 9.43. The third kappa shape index (κ3) is 3.17. The summed E-state index contributed by atoms with van der Waals surface area (Å²) in [6, 6.07) is 8.50. The van der Waals surface area contributed by atoms with Crippen molar-refractivity contribution in [2.45, 2.75) is 11.8 Å². The molecule has 26 heavy (non-hydrogen) atoms. The Hall–Kier alpha value is -2.45. The molecule has 0 aliphatic carbocycles. The molecule has 6 nitrogen and oxygen atoms in total. The lowest BCUT2D eigenvalue weighted by atomic mass is 10.1. The van der Waals surface area contributed by atoms with Gasteiger partial charge in [0.15, 0.2) is 0 Å². The summed E-state index contributed by atoms with van der Waals surface area (Å²) >= 11 is 0. The number of ether oxygens (including phenoxy) is 1. The van der Waals surface area contributed by atoms with Crippen molar-refractivity contribution in [1.82, 2.24) is 4.31 Å². The molecule has 0 radical (unpaired) electrons. The number of halogens is 1. The second-order valence-electron chi connectivity index (χ2n) is 6.19. The lowest BCUT2D eigenvalue weighted by Gasteiger charge is -2.29. The van der Waals surface area contributed by atoms with Crippen LogP contribution >= 0.6 is 0 Å². The number of carbonyl (C=O) groups excluding carboxylic acids is 1. The molecule has 0 bridgehead atoms. The number of hydrogen-bond donors (Lipinski definition) is 0. The highest BCUT2D eigenvalue weighted by Crippen LogP contribution is 2.33. The molecule has 2 aromatic carbocycles. The molecule has 0 saturated carbocycles. The number of nitrogens with zero attached hydrogens (tertiary/aromatic N) is 2. The van der Waals surface area contributed by atoms with Crippen molar-refractivity contribution in [1.29, 1.82) is 0 Å². The van der Waals surface area contributed by atoms with Gasteiger partial charge in [-0.3, -0.25) is 4.79 Å². The highest BCUT2D eigenvalue weighted by molar-refractivity contribution is 7.89. The van der Waals surface area contributed by atoms with E-state index in [9.17, 15) is 17.6 Å². The van der Waals surface area contributed by atoms with Crippen LogP contribution in [0.15, 0.2) is 41.3 Å². The molecule has 8 heteroatoms. The smallest absolute Gasteiger partial charge is 0.258 e. The molecule has 0 fully saturated rings. The predicted octanol–water partition coefficient (Wildman–Crippen LogP) is 2.42. The summed E-state index contributed by atoms with van der Waals surface area (Å²) in [5, 5.41) is 0. The Kier molecular flexibility index (Phi) is 4.72. The van der Waals surface area contributed by atoms with Gasteiger partial charge in [-0.1, -0.05) is 6.07 Å². The molecular weight excluding hydrogens is 359 g/mol. The van der Waals surface area contributed by atoms with Gasteiger partial charge >= 0.3 is 0 Å². The van der Waals surface area contributed by atoms with Crippen molar-refractivity contribution in [2.75, 3.05) is 32.1 Å². The molecule has 0 N–H and O–H groups in total. The quantitative estimate of drug-likeness (QED) is 0.823. The number of rotatable bonds is 3. The molecule has 3 rings (SSSR count). The molecular formula is C18H19FN2O4S. The first-order valence-electron chi connectivity index (χ1n) is 7.99. The maximum absolute atomic E-state index is 13.6. The summed E-state index contributed by atoms with van der Waals surface area (Å²) in [7, 11) is -0.814. The van der Waals surface area contributed by atoms with Crippen molar-refractivity contribution in [2.24, 2.45) is 0 Å². The Morgan fingerprint density at radius 1 is 1.19 bits per heavy atom. The van der Waals surface area contributed by atoms with Crippen LogP contribution in [0.4, 0.5) is 10.1 Å². The first kappa shape index (κ1) is 18.3. The van der Waals surface area contributed by atoms with Gasteiger partial charge in [-0.2, -0.15) is 0 Å². The van der Waals surface area contributed by atoms with Crippen LogP contribution in [0.1, 0.15) is 15.9 Å². The fourth-order valence-electron chi connectivity index (χ4n) is 2.77. The van der Waals surface area contributed by atoms with Crippen molar-refractivity contribution in [3.05, 3.63) is 53.3 Å². The first-order chi connectivity index (χ1) is 12.2. The molecule has 1 heterocycles. The zero-order valence-electron chi connectivity index (χ0n) is 14.7. The van der Waals surface area contributed by atoms with Gasteiger partial charge in [0.2, 0.25) is 10.0 Å². The molecule has 138 valence electrons. The van der Waals surface area contributed by atoms with Gasteiger partial charge in [-0.15, -0.1) is 0 Å². The summed E-state index contributed by atoms with van der Waals surface area (Å²) in [5.41, 5.74) is 1.09. The Balaban J connectivity index is 2.04. The third-order valence-electron chi connectivity index (χ3n) is 4.22. The summed E-state index contributed by atoms with van der Waals surface area (Å²) in [4.78, 5) is 14.4. The van der Waals surface area contributed by atoms with Gasteiger partial charge < -0.3 is 9.64 Å². The Morgan fingerprint density at radius 2 is 1.92 bits per heavy atom. The van der Waals surface area contributed by atoms with Crippen molar-refractivity contribution >= 4 is 21.6 Å². The standard InChI is InChI=1S/C18H19FN2O4S/c1-12-4-5-13(10-17(12)26(23,24)20(2)3)18(22)21-8-9-25-16-7-6-14(19)11-15(16)21/h4-7,10-11H,8-9H2,1-3H3. The van der Waals surface area contributed by atoms with Gasteiger partial charge in [0, 0.05) is 25.7 Å². The topological polar surface area (TPSA) is 66.9 Å². The Bertz CT molecular complexity index is 973. The number of aryl methyl sites for hydroxylation is 1. The Labute approximate surface area is 151 Å². The highest BCUT2D eigenvalue weighted by Gasteiger charge is 2.27.